The van der Waals surface area contributed by atoms with Crippen LogP contribution in [-0.2, 0) is 19.1 Å². The van der Waals surface area contributed by atoms with Crippen LogP contribution in [0.1, 0.15) is 0 Å². The van der Waals surface area contributed by atoms with Crippen molar-refractivity contribution in [1.82, 2.24) is 9.55 Å². The van der Waals surface area contributed by atoms with E-state index in [2.05, 4.69) is 14.5 Å². The molecule has 0 amide bonds. The summed E-state index contributed by atoms with van der Waals surface area (Å²) in [4.78, 5) is 26.1. The Bertz CT molecular complexity index is 381. The van der Waals surface area contributed by atoms with Crippen LogP contribution < -0.4 is 0 Å². The van der Waals surface area contributed by atoms with E-state index in [9.17, 15) is 9.59 Å². The minimum Gasteiger partial charge on any atom is -0.466 e. The van der Waals surface area contributed by atoms with E-state index < -0.39 is 11.9 Å². The van der Waals surface area contributed by atoms with Gasteiger partial charge in [-0.3, -0.25) is 4.57 Å². The van der Waals surface area contributed by atoms with E-state index in [4.69, 9.17) is 0 Å². The van der Waals surface area contributed by atoms with Crippen LogP contribution in [0.25, 0.3) is 5.70 Å². The smallest absolute Gasteiger partial charge is 0.355 e. The summed E-state index contributed by atoms with van der Waals surface area (Å²) in [5.74, 6) is -1.28. The number of carbonyl (C=O) groups is 2. The van der Waals surface area contributed by atoms with Crippen molar-refractivity contribution in [2.24, 2.45) is 0 Å². The molecular weight excluding hydrogens is 200 g/mol. The molecule has 0 aliphatic carbocycles. The number of aromatic nitrogens is 2. The van der Waals surface area contributed by atoms with Gasteiger partial charge >= 0.3 is 11.9 Å². The molecule has 15 heavy (non-hydrogen) atoms. The summed E-state index contributed by atoms with van der Waals surface area (Å²) in [7, 11) is 2.45. The summed E-state index contributed by atoms with van der Waals surface area (Å²) in [6.45, 7) is 0. The number of ether oxygens (including phenoxy) is 2. The van der Waals surface area contributed by atoms with Crippen molar-refractivity contribution >= 4 is 17.6 Å². The average molecular weight is 210 g/mol. The zero-order valence-electron chi connectivity index (χ0n) is 8.34. The molecule has 0 fully saturated rings. The van der Waals surface area contributed by atoms with Gasteiger partial charge in [0.25, 0.3) is 0 Å². The van der Waals surface area contributed by atoms with Gasteiger partial charge < -0.3 is 9.47 Å². The summed E-state index contributed by atoms with van der Waals surface area (Å²) in [5.41, 5.74) is 0.0434. The van der Waals surface area contributed by atoms with Crippen molar-refractivity contribution in [2.45, 2.75) is 0 Å². The number of methoxy groups -OCH3 is 2. The topological polar surface area (TPSA) is 70.4 Å². The van der Waals surface area contributed by atoms with E-state index in [0.29, 0.717) is 0 Å². The molecule has 0 aromatic carbocycles. The molecule has 80 valence electrons. The van der Waals surface area contributed by atoms with Gasteiger partial charge in [-0.05, 0) is 0 Å². The molecular formula is C9H10N2O4. The third kappa shape index (κ3) is 2.67. The molecule has 0 unspecified atom stereocenters. The number of carbonyl (C=O) groups excluding carboxylic acids is 2. The SMILES string of the molecule is COC(=O)C=C(C(=O)OC)n1ccnc1. The van der Waals surface area contributed by atoms with Crippen LogP contribution in [0.15, 0.2) is 24.8 Å². The lowest BCUT2D eigenvalue weighted by Gasteiger charge is -2.04. The fraction of sp³-hybridized carbons (Fsp3) is 0.222. The highest BCUT2D eigenvalue weighted by Gasteiger charge is 2.13. The molecule has 0 saturated carbocycles. The van der Waals surface area contributed by atoms with E-state index in [0.717, 1.165) is 6.08 Å². The largest absolute Gasteiger partial charge is 0.466 e. The first kappa shape index (κ1) is 11.0. The fourth-order valence-corrected chi connectivity index (χ4v) is 0.916. The van der Waals surface area contributed by atoms with Gasteiger partial charge in [0.05, 0.1) is 26.6 Å². The Morgan fingerprint density at radius 3 is 2.53 bits per heavy atom. The molecule has 0 aliphatic heterocycles. The maximum absolute atomic E-state index is 11.3. The Morgan fingerprint density at radius 2 is 2.07 bits per heavy atom. The van der Waals surface area contributed by atoms with E-state index in [-0.39, 0.29) is 5.70 Å². The van der Waals surface area contributed by atoms with Gasteiger partial charge in [-0.2, -0.15) is 0 Å². The summed E-state index contributed by atoms with van der Waals surface area (Å²) in [6, 6.07) is 0. The Morgan fingerprint density at radius 1 is 1.33 bits per heavy atom. The van der Waals surface area contributed by atoms with Crippen LogP contribution in [0, 0.1) is 0 Å². The van der Waals surface area contributed by atoms with Crippen LogP contribution in [0.5, 0.6) is 0 Å². The molecule has 0 spiro atoms. The lowest BCUT2D eigenvalue weighted by atomic mass is 10.4. The Hall–Kier alpha value is -2.11. The van der Waals surface area contributed by atoms with E-state index in [1.54, 1.807) is 0 Å². The zero-order valence-corrected chi connectivity index (χ0v) is 8.34. The van der Waals surface area contributed by atoms with Gasteiger partial charge in [-0.25, -0.2) is 14.6 Å². The molecule has 0 aliphatic rings. The Kier molecular flexibility index (Phi) is 3.61. The molecule has 0 radical (unpaired) electrons. The van der Waals surface area contributed by atoms with Crippen LogP contribution in [0.2, 0.25) is 0 Å². The van der Waals surface area contributed by atoms with Gasteiger partial charge in [0.1, 0.15) is 5.70 Å². The zero-order chi connectivity index (χ0) is 11.3. The predicted octanol–water partition coefficient (Wildman–Crippen LogP) is 0.0700. The van der Waals surface area contributed by atoms with Crippen LogP contribution in [-0.4, -0.2) is 35.7 Å². The van der Waals surface area contributed by atoms with Gasteiger partial charge in [0.15, 0.2) is 0 Å². The fourth-order valence-electron chi connectivity index (χ4n) is 0.916. The minimum atomic E-state index is -0.640. The molecule has 0 saturated heterocycles. The van der Waals surface area contributed by atoms with Crippen molar-refractivity contribution in [3.05, 3.63) is 24.8 Å². The third-order valence-corrected chi connectivity index (χ3v) is 1.63. The Balaban J connectivity index is 3.04. The van der Waals surface area contributed by atoms with Crippen LogP contribution >= 0.6 is 0 Å². The van der Waals surface area contributed by atoms with Crippen molar-refractivity contribution < 1.29 is 19.1 Å². The second kappa shape index (κ2) is 4.94. The van der Waals surface area contributed by atoms with Crippen molar-refractivity contribution in [1.29, 1.82) is 0 Å². The van der Waals surface area contributed by atoms with Gasteiger partial charge in [-0.15, -0.1) is 0 Å². The summed E-state index contributed by atoms with van der Waals surface area (Å²) < 4.78 is 10.3. The monoisotopic (exact) mass is 210 g/mol. The maximum Gasteiger partial charge on any atom is 0.355 e. The number of hydrogen-bond acceptors (Lipinski definition) is 5. The lowest BCUT2D eigenvalue weighted by molar-refractivity contribution is -0.137. The molecule has 6 heteroatoms. The molecule has 0 bridgehead atoms. The number of imidazole rings is 1. The quantitative estimate of drug-likeness (QED) is 0.521. The second-order valence-corrected chi connectivity index (χ2v) is 2.51. The highest BCUT2D eigenvalue weighted by molar-refractivity contribution is 6.14. The number of esters is 2. The summed E-state index contributed by atoms with van der Waals surface area (Å²) in [6.07, 6.45) is 5.42. The van der Waals surface area contributed by atoms with Crippen LogP contribution in [0.4, 0.5) is 0 Å². The Labute approximate surface area is 86.1 Å². The minimum absolute atomic E-state index is 0.0434. The lowest BCUT2D eigenvalue weighted by Crippen LogP contribution is -2.11. The molecule has 1 aromatic heterocycles. The molecule has 1 rings (SSSR count). The molecule has 1 aromatic rings. The summed E-state index contributed by atoms with van der Waals surface area (Å²) >= 11 is 0. The third-order valence-electron chi connectivity index (χ3n) is 1.63. The maximum atomic E-state index is 11.3. The van der Waals surface area contributed by atoms with Gasteiger partial charge in [0, 0.05) is 12.4 Å². The van der Waals surface area contributed by atoms with Crippen molar-refractivity contribution in [3.63, 3.8) is 0 Å². The molecule has 0 atom stereocenters. The first-order valence-electron chi connectivity index (χ1n) is 4.05. The normalized spacial score (nSPS) is 10.9. The highest BCUT2D eigenvalue weighted by Crippen LogP contribution is 2.06. The molecule has 1 heterocycles. The second-order valence-electron chi connectivity index (χ2n) is 2.51. The number of rotatable bonds is 3. The van der Waals surface area contributed by atoms with Crippen LogP contribution in [0.3, 0.4) is 0 Å². The van der Waals surface area contributed by atoms with E-state index in [1.807, 2.05) is 0 Å². The summed E-state index contributed by atoms with van der Waals surface area (Å²) in [5, 5.41) is 0. The van der Waals surface area contributed by atoms with E-state index >= 15 is 0 Å². The van der Waals surface area contributed by atoms with Gasteiger partial charge in [-0.1, -0.05) is 0 Å². The highest BCUT2D eigenvalue weighted by atomic mass is 16.5. The van der Waals surface area contributed by atoms with Crippen molar-refractivity contribution in [2.75, 3.05) is 14.2 Å². The molecule has 6 nitrogen and oxygen atoms in total. The standard InChI is InChI=1S/C9H10N2O4/c1-14-8(12)5-7(9(13)15-2)11-4-3-10-6-11/h3-6H,1-2H3. The number of hydrogen-bond donors (Lipinski definition) is 0. The predicted molar refractivity (Wildman–Crippen MR) is 50.5 cm³/mol. The number of nitrogens with zero attached hydrogens (tertiary/aromatic N) is 2. The molecule has 0 N–H and O–H groups in total. The van der Waals surface area contributed by atoms with Crippen molar-refractivity contribution in [3.8, 4) is 0 Å². The first-order valence-corrected chi connectivity index (χ1v) is 4.05. The van der Waals surface area contributed by atoms with E-state index in [1.165, 1.54) is 37.5 Å². The average Bonchev–Trinajstić information content (AvgIpc) is 2.77. The first-order chi connectivity index (χ1) is 7.19. The van der Waals surface area contributed by atoms with Gasteiger partial charge in [0.2, 0.25) is 0 Å².